The highest BCUT2D eigenvalue weighted by molar-refractivity contribution is 6.30. The number of halogens is 1. The molecule has 0 unspecified atom stereocenters. The fourth-order valence-electron chi connectivity index (χ4n) is 2.89. The first-order chi connectivity index (χ1) is 8.69. The van der Waals surface area contributed by atoms with Crippen molar-refractivity contribution < 1.29 is 4.79 Å². The van der Waals surface area contributed by atoms with E-state index in [4.69, 9.17) is 11.6 Å². The van der Waals surface area contributed by atoms with Crippen LogP contribution in [0.1, 0.15) is 44.6 Å². The number of benzene rings is 1. The van der Waals surface area contributed by atoms with Gasteiger partial charge in [-0.3, -0.25) is 4.79 Å². The fraction of sp³-hybridized carbons (Fsp3) is 0.562. The Morgan fingerprint density at radius 3 is 2.61 bits per heavy atom. The lowest BCUT2D eigenvalue weighted by atomic mass is 9.78. The standard InChI is InChI=1S/C16H21ClO/c1-2-12-6-8-14(9-7-12)16(18)11-13-4-3-5-15(17)10-13/h3-5,10,12,14H,2,6-9,11H2,1H3. The van der Waals surface area contributed by atoms with Gasteiger partial charge in [0.05, 0.1) is 0 Å². The van der Waals surface area contributed by atoms with Crippen molar-refractivity contribution in [3.63, 3.8) is 0 Å². The molecule has 1 fully saturated rings. The number of hydrogen-bond acceptors (Lipinski definition) is 1. The number of Topliss-reactive ketones (excluding diaryl/α,β-unsaturated/α-hetero) is 1. The third kappa shape index (κ3) is 3.58. The molecule has 1 nitrogen and oxygen atoms in total. The SMILES string of the molecule is CCC1CCC(C(=O)Cc2cccc(Cl)c2)CC1. The van der Waals surface area contributed by atoms with Gasteiger partial charge in [0.2, 0.25) is 0 Å². The van der Waals surface area contributed by atoms with E-state index in [1.165, 1.54) is 19.3 Å². The Labute approximate surface area is 115 Å². The minimum atomic E-state index is 0.284. The van der Waals surface area contributed by atoms with Gasteiger partial charge in [-0.15, -0.1) is 0 Å². The van der Waals surface area contributed by atoms with Crippen LogP contribution in [-0.2, 0) is 11.2 Å². The predicted molar refractivity (Wildman–Crippen MR) is 75.9 cm³/mol. The number of rotatable bonds is 4. The quantitative estimate of drug-likeness (QED) is 0.772. The summed E-state index contributed by atoms with van der Waals surface area (Å²) in [4.78, 5) is 12.2. The van der Waals surface area contributed by atoms with E-state index in [1.54, 1.807) is 0 Å². The summed E-state index contributed by atoms with van der Waals surface area (Å²) in [7, 11) is 0. The molecule has 0 spiro atoms. The van der Waals surface area contributed by atoms with E-state index in [9.17, 15) is 4.79 Å². The molecule has 98 valence electrons. The normalized spacial score (nSPS) is 23.9. The molecule has 0 aliphatic heterocycles. The van der Waals surface area contributed by atoms with Crippen molar-refractivity contribution in [3.05, 3.63) is 34.9 Å². The minimum absolute atomic E-state index is 0.284. The van der Waals surface area contributed by atoms with Crippen LogP contribution in [0.15, 0.2) is 24.3 Å². The van der Waals surface area contributed by atoms with Gasteiger partial charge in [-0.1, -0.05) is 37.1 Å². The highest BCUT2D eigenvalue weighted by Gasteiger charge is 2.25. The zero-order chi connectivity index (χ0) is 13.0. The highest BCUT2D eigenvalue weighted by atomic mass is 35.5. The summed E-state index contributed by atoms with van der Waals surface area (Å²) in [5, 5.41) is 0.718. The molecule has 2 heteroatoms. The van der Waals surface area contributed by atoms with Gasteiger partial charge in [0.25, 0.3) is 0 Å². The highest BCUT2D eigenvalue weighted by Crippen LogP contribution is 2.31. The third-order valence-corrected chi connectivity index (χ3v) is 4.38. The average molecular weight is 265 g/mol. The summed E-state index contributed by atoms with van der Waals surface area (Å²) < 4.78 is 0. The fourth-order valence-corrected chi connectivity index (χ4v) is 3.10. The van der Waals surface area contributed by atoms with Gasteiger partial charge in [0, 0.05) is 17.4 Å². The van der Waals surface area contributed by atoms with Gasteiger partial charge in [0.15, 0.2) is 0 Å². The molecule has 0 atom stereocenters. The van der Waals surface area contributed by atoms with Gasteiger partial charge in [-0.2, -0.15) is 0 Å². The Hall–Kier alpha value is -0.820. The summed E-state index contributed by atoms with van der Waals surface area (Å²) in [6.45, 7) is 2.25. The van der Waals surface area contributed by atoms with Crippen molar-refractivity contribution in [2.45, 2.75) is 45.4 Å². The molecular weight excluding hydrogens is 244 g/mol. The van der Waals surface area contributed by atoms with Crippen LogP contribution in [0.5, 0.6) is 0 Å². The van der Waals surface area contributed by atoms with E-state index in [0.717, 1.165) is 29.3 Å². The van der Waals surface area contributed by atoms with Gasteiger partial charge in [0.1, 0.15) is 5.78 Å². The van der Waals surface area contributed by atoms with Gasteiger partial charge in [-0.05, 0) is 49.3 Å². The molecule has 1 aliphatic rings. The molecule has 0 amide bonds. The molecular formula is C16H21ClO. The predicted octanol–water partition coefficient (Wildman–Crippen LogP) is 4.67. The number of carbonyl (C=O) groups excluding carboxylic acids is 1. The van der Waals surface area contributed by atoms with Crippen molar-refractivity contribution in [1.82, 2.24) is 0 Å². The molecule has 0 radical (unpaired) electrons. The lowest BCUT2D eigenvalue weighted by Gasteiger charge is -2.26. The minimum Gasteiger partial charge on any atom is -0.299 e. The second kappa shape index (κ2) is 6.38. The molecule has 2 rings (SSSR count). The molecule has 18 heavy (non-hydrogen) atoms. The van der Waals surface area contributed by atoms with Gasteiger partial charge in [-0.25, -0.2) is 0 Å². The van der Waals surface area contributed by atoms with Crippen LogP contribution in [-0.4, -0.2) is 5.78 Å². The zero-order valence-corrected chi connectivity index (χ0v) is 11.7. The van der Waals surface area contributed by atoms with Crippen molar-refractivity contribution in [1.29, 1.82) is 0 Å². The van der Waals surface area contributed by atoms with Crippen molar-refractivity contribution in [2.24, 2.45) is 11.8 Å². The topological polar surface area (TPSA) is 17.1 Å². The Morgan fingerprint density at radius 1 is 1.28 bits per heavy atom. The lowest BCUT2D eigenvalue weighted by Crippen LogP contribution is -2.23. The Balaban J connectivity index is 1.89. The second-order valence-electron chi connectivity index (χ2n) is 5.40. The molecule has 0 N–H and O–H groups in total. The summed E-state index contributed by atoms with van der Waals surface area (Å²) in [6, 6.07) is 7.65. The van der Waals surface area contributed by atoms with E-state index in [0.29, 0.717) is 12.2 Å². The molecule has 0 heterocycles. The monoisotopic (exact) mass is 264 g/mol. The first-order valence-electron chi connectivity index (χ1n) is 6.96. The van der Waals surface area contributed by atoms with Crippen LogP contribution in [0.4, 0.5) is 0 Å². The first-order valence-corrected chi connectivity index (χ1v) is 7.34. The molecule has 1 aromatic carbocycles. The van der Waals surface area contributed by atoms with Crippen LogP contribution in [0, 0.1) is 11.8 Å². The first kappa shape index (κ1) is 13.6. The molecule has 0 bridgehead atoms. The Morgan fingerprint density at radius 2 is 2.00 bits per heavy atom. The van der Waals surface area contributed by atoms with Gasteiger partial charge < -0.3 is 0 Å². The van der Waals surface area contributed by atoms with Crippen molar-refractivity contribution in [2.75, 3.05) is 0 Å². The summed E-state index contributed by atoms with van der Waals surface area (Å²) in [5.74, 6) is 1.53. The maximum absolute atomic E-state index is 12.2. The molecule has 0 aromatic heterocycles. The smallest absolute Gasteiger partial charge is 0.140 e. The molecule has 1 aliphatic carbocycles. The summed E-state index contributed by atoms with van der Waals surface area (Å²) >= 11 is 5.94. The molecule has 0 saturated heterocycles. The van der Waals surface area contributed by atoms with Crippen LogP contribution < -0.4 is 0 Å². The average Bonchev–Trinajstić information content (AvgIpc) is 2.39. The number of carbonyl (C=O) groups is 1. The largest absolute Gasteiger partial charge is 0.299 e. The number of ketones is 1. The zero-order valence-electron chi connectivity index (χ0n) is 11.0. The van der Waals surface area contributed by atoms with E-state index in [1.807, 2.05) is 24.3 Å². The van der Waals surface area contributed by atoms with E-state index in [-0.39, 0.29) is 5.92 Å². The van der Waals surface area contributed by atoms with Gasteiger partial charge >= 0.3 is 0 Å². The van der Waals surface area contributed by atoms with E-state index >= 15 is 0 Å². The van der Waals surface area contributed by atoms with Crippen molar-refractivity contribution >= 4 is 17.4 Å². The van der Waals surface area contributed by atoms with Crippen LogP contribution >= 0.6 is 11.6 Å². The van der Waals surface area contributed by atoms with Crippen LogP contribution in [0.2, 0.25) is 5.02 Å². The Bertz CT molecular complexity index is 405. The lowest BCUT2D eigenvalue weighted by molar-refractivity contribution is -0.123. The molecule has 1 saturated carbocycles. The maximum Gasteiger partial charge on any atom is 0.140 e. The van der Waals surface area contributed by atoms with E-state index < -0.39 is 0 Å². The maximum atomic E-state index is 12.2. The van der Waals surface area contributed by atoms with E-state index in [2.05, 4.69) is 6.92 Å². The molecule has 1 aromatic rings. The third-order valence-electron chi connectivity index (χ3n) is 4.15. The summed E-state index contributed by atoms with van der Waals surface area (Å²) in [6.07, 6.45) is 6.41. The Kier molecular flexibility index (Phi) is 4.82. The second-order valence-corrected chi connectivity index (χ2v) is 5.84. The van der Waals surface area contributed by atoms with Crippen LogP contribution in [0.25, 0.3) is 0 Å². The summed E-state index contributed by atoms with van der Waals surface area (Å²) in [5.41, 5.74) is 1.05. The van der Waals surface area contributed by atoms with Crippen molar-refractivity contribution in [3.8, 4) is 0 Å². The van der Waals surface area contributed by atoms with Crippen LogP contribution in [0.3, 0.4) is 0 Å². The number of hydrogen-bond donors (Lipinski definition) is 0.